The Kier molecular flexibility index (Phi) is 3.71. The molecule has 0 aromatic carbocycles. The van der Waals surface area contributed by atoms with Crippen molar-refractivity contribution in [2.45, 2.75) is 38.9 Å². The zero-order chi connectivity index (χ0) is 10.0. The van der Waals surface area contributed by atoms with Crippen molar-refractivity contribution in [3.63, 3.8) is 0 Å². The second-order valence-corrected chi connectivity index (χ2v) is 4.56. The van der Waals surface area contributed by atoms with Crippen molar-refractivity contribution in [1.82, 2.24) is 9.80 Å². The van der Waals surface area contributed by atoms with E-state index >= 15 is 0 Å². The number of likely N-dealkylation sites (N-methyl/N-ethyl adjacent to an activating group) is 1. The topological polar surface area (TPSA) is 32.5 Å². The maximum absolute atomic E-state index is 5.79. The molecule has 1 rings (SSSR count). The molecule has 0 amide bonds. The number of nitrogens with two attached hydrogens (primary N) is 1. The monoisotopic (exact) mass is 185 g/mol. The van der Waals surface area contributed by atoms with Gasteiger partial charge in [0.1, 0.15) is 0 Å². The first-order chi connectivity index (χ1) is 6.00. The summed E-state index contributed by atoms with van der Waals surface area (Å²) in [5.74, 6) is 0. The lowest BCUT2D eigenvalue weighted by Gasteiger charge is -2.42. The molecule has 0 aromatic rings. The molecular formula is C10H23N3. The van der Waals surface area contributed by atoms with Gasteiger partial charge in [0.25, 0.3) is 0 Å². The highest BCUT2D eigenvalue weighted by Crippen LogP contribution is 2.12. The van der Waals surface area contributed by atoms with E-state index in [1.54, 1.807) is 0 Å². The Morgan fingerprint density at radius 1 is 1.31 bits per heavy atom. The molecule has 13 heavy (non-hydrogen) atoms. The summed E-state index contributed by atoms with van der Waals surface area (Å²) in [4.78, 5) is 4.91. The summed E-state index contributed by atoms with van der Waals surface area (Å²) in [6.07, 6.45) is 0. The summed E-state index contributed by atoms with van der Waals surface area (Å²) in [6, 6.07) is 1.60. The smallest absolute Gasteiger partial charge is 0.0195 e. The molecule has 2 unspecified atom stereocenters. The van der Waals surface area contributed by atoms with Crippen molar-refractivity contribution in [3.8, 4) is 0 Å². The van der Waals surface area contributed by atoms with E-state index in [9.17, 15) is 0 Å². The standard InChI is InChI=1S/C10H23N3/c1-8(11)5-13-6-9(2)12(4)10(3)7-13/h8-10H,5-7,11H2,1-4H3/t8-,9?,10?/m1/s1. The second kappa shape index (κ2) is 4.40. The zero-order valence-electron chi connectivity index (χ0n) is 9.33. The highest BCUT2D eigenvalue weighted by molar-refractivity contribution is 4.83. The van der Waals surface area contributed by atoms with Crippen molar-refractivity contribution in [3.05, 3.63) is 0 Å². The highest BCUT2D eigenvalue weighted by Gasteiger charge is 2.26. The summed E-state index contributed by atoms with van der Waals surface area (Å²) in [7, 11) is 2.21. The largest absolute Gasteiger partial charge is 0.327 e. The fourth-order valence-corrected chi connectivity index (χ4v) is 2.07. The second-order valence-electron chi connectivity index (χ2n) is 4.56. The van der Waals surface area contributed by atoms with Crippen LogP contribution in [0.2, 0.25) is 0 Å². The summed E-state index contributed by atoms with van der Waals surface area (Å²) in [5.41, 5.74) is 5.79. The molecule has 3 nitrogen and oxygen atoms in total. The Morgan fingerprint density at radius 2 is 1.77 bits per heavy atom. The van der Waals surface area contributed by atoms with Crippen molar-refractivity contribution < 1.29 is 0 Å². The van der Waals surface area contributed by atoms with Gasteiger partial charge in [0, 0.05) is 37.8 Å². The quantitative estimate of drug-likeness (QED) is 0.674. The molecule has 78 valence electrons. The number of hydrogen-bond acceptors (Lipinski definition) is 3. The Morgan fingerprint density at radius 3 is 2.15 bits per heavy atom. The van der Waals surface area contributed by atoms with Gasteiger partial charge in [0.15, 0.2) is 0 Å². The molecule has 1 heterocycles. The maximum Gasteiger partial charge on any atom is 0.0195 e. The molecule has 0 saturated carbocycles. The van der Waals surface area contributed by atoms with Gasteiger partial charge in [-0.05, 0) is 27.8 Å². The van der Waals surface area contributed by atoms with E-state index in [0.29, 0.717) is 18.1 Å². The Bertz CT molecular complexity index is 146. The molecule has 1 fully saturated rings. The van der Waals surface area contributed by atoms with E-state index in [2.05, 4.69) is 37.6 Å². The number of rotatable bonds is 2. The molecule has 2 N–H and O–H groups in total. The summed E-state index contributed by atoms with van der Waals surface area (Å²) in [5, 5.41) is 0. The van der Waals surface area contributed by atoms with Gasteiger partial charge in [-0.25, -0.2) is 0 Å². The van der Waals surface area contributed by atoms with E-state index in [1.165, 1.54) is 0 Å². The molecule has 1 saturated heterocycles. The molecule has 1 aliphatic heterocycles. The van der Waals surface area contributed by atoms with Crippen LogP contribution in [0.1, 0.15) is 20.8 Å². The Hall–Kier alpha value is -0.120. The predicted octanol–water partition coefficient (Wildman–Crippen LogP) is 0.358. The van der Waals surface area contributed by atoms with Crippen LogP contribution in [0, 0.1) is 0 Å². The lowest BCUT2D eigenvalue weighted by Crippen LogP contribution is -2.56. The van der Waals surface area contributed by atoms with Crippen molar-refractivity contribution in [2.75, 3.05) is 26.7 Å². The third-order valence-electron chi connectivity index (χ3n) is 2.98. The van der Waals surface area contributed by atoms with E-state index in [-0.39, 0.29) is 0 Å². The van der Waals surface area contributed by atoms with Crippen LogP contribution < -0.4 is 5.73 Å². The van der Waals surface area contributed by atoms with Gasteiger partial charge < -0.3 is 5.73 Å². The fourth-order valence-electron chi connectivity index (χ4n) is 2.07. The zero-order valence-corrected chi connectivity index (χ0v) is 9.33. The molecule has 0 radical (unpaired) electrons. The minimum atomic E-state index is 0.294. The van der Waals surface area contributed by atoms with E-state index in [0.717, 1.165) is 19.6 Å². The number of hydrogen-bond donors (Lipinski definition) is 1. The van der Waals surface area contributed by atoms with E-state index < -0.39 is 0 Å². The van der Waals surface area contributed by atoms with Crippen molar-refractivity contribution >= 4 is 0 Å². The number of nitrogens with zero attached hydrogens (tertiary/aromatic N) is 2. The van der Waals surface area contributed by atoms with E-state index in [4.69, 9.17) is 5.73 Å². The van der Waals surface area contributed by atoms with Gasteiger partial charge in [-0.1, -0.05) is 0 Å². The first kappa shape index (κ1) is 11.0. The summed E-state index contributed by atoms with van der Waals surface area (Å²) >= 11 is 0. The number of piperazine rings is 1. The van der Waals surface area contributed by atoms with Crippen LogP contribution >= 0.6 is 0 Å². The molecule has 0 spiro atoms. The first-order valence-electron chi connectivity index (χ1n) is 5.20. The van der Waals surface area contributed by atoms with Crippen LogP contribution in [-0.2, 0) is 0 Å². The first-order valence-corrected chi connectivity index (χ1v) is 5.20. The average molecular weight is 185 g/mol. The highest BCUT2D eigenvalue weighted by atomic mass is 15.3. The van der Waals surface area contributed by atoms with Crippen LogP contribution in [0.25, 0.3) is 0 Å². The molecule has 1 aliphatic rings. The summed E-state index contributed by atoms with van der Waals surface area (Å²) < 4.78 is 0. The molecule has 0 bridgehead atoms. The van der Waals surface area contributed by atoms with Crippen molar-refractivity contribution in [1.29, 1.82) is 0 Å². The van der Waals surface area contributed by atoms with Crippen LogP contribution in [0.4, 0.5) is 0 Å². The molecule has 3 atom stereocenters. The maximum atomic E-state index is 5.79. The molecule has 0 aromatic heterocycles. The Labute approximate surface area is 81.9 Å². The van der Waals surface area contributed by atoms with Crippen LogP contribution in [0.5, 0.6) is 0 Å². The van der Waals surface area contributed by atoms with Gasteiger partial charge in [-0.2, -0.15) is 0 Å². The SMILES string of the molecule is CC1CN(C[C@@H](C)N)CC(C)N1C. The van der Waals surface area contributed by atoms with Crippen LogP contribution in [-0.4, -0.2) is 54.6 Å². The lowest BCUT2D eigenvalue weighted by molar-refractivity contribution is 0.0577. The lowest BCUT2D eigenvalue weighted by atomic mass is 10.1. The molecule has 3 heteroatoms. The van der Waals surface area contributed by atoms with Gasteiger partial charge in [-0.3, -0.25) is 9.80 Å². The molecule has 0 aliphatic carbocycles. The third kappa shape index (κ3) is 2.93. The average Bonchev–Trinajstić information content (AvgIpc) is 1.98. The van der Waals surface area contributed by atoms with Crippen molar-refractivity contribution in [2.24, 2.45) is 5.73 Å². The minimum absolute atomic E-state index is 0.294. The Balaban J connectivity index is 2.44. The van der Waals surface area contributed by atoms with Gasteiger partial charge in [0.05, 0.1) is 0 Å². The normalized spacial score (nSPS) is 34.8. The van der Waals surface area contributed by atoms with E-state index in [1.807, 2.05) is 0 Å². The van der Waals surface area contributed by atoms with Gasteiger partial charge >= 0.3 is 0 Å². The van der Waals surface area contributed by atoms with Crippen LogP contribution in [0.3, 0.4) is 0 Å². The fraction of sp³-hybridized carbons (Fsp3) is 1.00. The third-order valence-corrected chi connectivity index (χ3v) is 2.98. The van der Waals surface area contributed by atoms with Gasteiger partial charge in [-0.15, -0.1) is 0 Å². The van der Waals surface area contributed by atoms with Gasteiger partial charge in [0.2, 0.25) is 0 Å². The minimum Gasteiger partial charge on any atom is -0.327 e. The summed E-state index contributed by atoms with van der Waals surface area (Å²) in [6.45, 7) is 9.98. The van der Waals surface area contributed by atoms with Crippen LogP contribution in [0.15, 0.2) is 0 Å². The molecular weight excluding hydrogens is 162 g/mol. The predicted molar refractivity (Wildman–Crippen MR) is 56.8 cm³/mol.